The van der Waals surface area contributed by atoms with Gasteiger partial charge >= 0.3 is 0 Å². The van der Waals surface area contributed by atoms with Crippen LogP contribution in [0.4, 0.5) is 5.13 Å². The molecule has 0 spiro atoms. The van der Waals surface area contributed by atoms with Crippen molar-refractivity contribution in [2.24, 2.45) is 4.99 Å². The number of nitrogens with one attached hydrogen (secondary N) is 2. The average Bonchev–Trinajstić information content (AvgIpc) is 3.41. The number of hydrogen-bond donors (Lipinski definition) is 2. The number of sulfone groups is 1. The number of rotatable bonds is 7. The smallest absolute Gasteiger partial charge is 0.218 e. The summed E-state index contributed by atoms with van der Waals surface area (Å²) in [7, 11) is -3.07. The fraction of sp³-hybridized carbons (Fsp3) is 0.300. The number of aromatic nitrogens is 3. The highest BCUT2D eigenvalue weighted by molar-refractivity contribution is 7.90. The quantitative estimate of drug-likeness (QED) is 0.484. The number of anilines is 1. The van der Waals surface area contributed by atoms with Crippen LogP contribution in [-0.2, 0) is 9.84 Å². The molecule has 0 fully saturated rings. The molecule has 3 aromatic heterocycles. The minimum atomic E-state index is -3.07. The highest BCUT2D eigenvalue weighted by atomic mass is 32.2. The van der Waals surface area contributed by atoms with Gasteiger partial charge in [0.05, 0.1) is 12.0 Å². The molecule has 2 N–H and O–H groups in total. The Bertz CT molecular complexity index is 1260. The number of guanidine groups is 1. The van der Waals surface area contributed by atoms with E-state index in [9.17, 15) is 8.42 Å². The third-order valence-electron chi connectivity index (χ3n) is 4.39. The molecule has 1 aliphatic heterocycles. The highest BCUT2D eigenvalue weighted by Crippen LogP contribution is 2.32. The van der Waals surface area contributed by atoms with Crippen LogP contribution in [0.5, 0.6) is 5.88 Å². The fourth-order valence-electron chi connectivity index (χ4n) is 2.83. The lowest BCUT2D eigenvalue weighted by Gasteiger charge is -2.13. The van der Waals surface area contributed by atoms with Crippen molar-refractivity contribution in [1.29, 1.82) is 0 Å². The molecule has 0 saturated carbocycles. The zero-order valence-electron chi connectivity index (χ0n) is 17.5. The summed E-state index contributed by atoms with van der Waals surface area (Å²) in [6.07, 6.45) is 6.70. The first-order valence-corrected chi connectivity index (χ1v) is 13.6. The summed E-state index contributed by atoms with van der Waals surface area (Å²) in [5.74, 6) is 1.07. The first-order valence-electron chi connectivity index (χ1n) is 9.80. The molecule has 0 saturated heterocycles. The average molecular weight is 491 g/mol. The van der Waals surface area contributed by atoms with E-state index in [1.54, 1.807) is 12.3 Å². The van der Waals surface area contributed by atoms with E-state index in [1.165, 1.54) is 41.3 Å². The van der Waals surface area contributed by atoms with Crippen LogP contribution in [0.1, 0.15) is 12.0 Å². The molecule has 0 radical (unpaired) electrons. The molecule has 4 rings (SSSR count). The van der Waals surface area contributed by atoms with E-state index in [-0.39, 0.29) is 5.75 Å². The van der Waals surface area contributed by atoms with Gasteiger partial charge in [0.2, 0.25) is 5.88 Å². The van der Waals surface area contributed by atoms with Crippen molar-refractivity contribution in [3.8, 4) is 27.8 Å². The maximum Gasteiger partial charge on any atom is 0.218 e. The Kier molecular flexibility index (Phi) is 6.82. The number of pyridine rings is 1. The molecule has 0 aromatic carbocycles. The topological polar surface area (TPSA) is 118 Å². The molecule has 1 aliphatic rings. The Morgan fingerprint density at radius 1 is 1.25 bits per heavy atom. The molecule has 0 unspecified atom stereocenters. The molecular weight excluding hydrogens is 468 g/mol. The third-order valence-corrected chi connectivity index (χ3v) is 6.82. The van der Waals surface area contributed by atoms with Gasteiger partial charge < -0.3 is 15.4 Å². The second-order valence-electron chi connectivity index (χ2n) is 7.13. The van der Waals surface area contributed by atoms with E-state index in [0.29, 0.717) is 5.88 Å². The van der Waals surface area contributed by atoms with Crippen LogP contribution >= 0.6 is 22.7 Å². The highest BCUT2D eigenvalue weighted by Gasteiger charge is 2.14. The normalized spacial score (nSPS) is 14.2. The standard InChI is InChI=1S/C20H22N6O3S3/c1-13-9-17(29-7-4-8-32(2,27)28)23-10-14(13)18-24-15(11-30-18)16-12-31-20(25-16)26-19-21-5-3-6-22-19/h4,7,9-12H,3,5-6,8H2,1-2H3,(H2,21,22,25,26)/b7-4+. The largest absolute Gasteiger partial charge is 0.447 e. The number of nitrogens with zero attached hydrogens (tertiary/aromatic N) is 4. The Morgan fingerprint density at radius 3 is 2.81 bits per heavy atom. The van der Waals surface area contributed by atoms with Crippen LogP contribution in [0.2, 0.25) is 0 Å². The summed E-state index contributed by atoms with van der Waals surface area (Å²) in [5.41, 5.74) is 3.46. The molecule has 168 valence electrons. The Labute approximate surface area is 194 Å². The molecule has 3 aromatic rings. The molecule has 0 amide bonds. The number of aliphatic imine (C=N–C) groups is 1. The fourth-order valence-corrected chi connectivity index (χ4v) is 4.85. The van der Waals surface area contributed by atoms with E-state index in [1.807, 2.05) is 17.7 Å². The van der Waals surface area contributed by atoms with Crippen molar-refractivity contribution in [1.82, 2.24) is 20.3 Å². The van der Waals surface area contributed by atoms with E-state index < -0.39 is 9.84 Å². The molecule has 9 nitrogen and oxygen atoms in total. The van der Waals surface area contributed by atoms with Gasteiger partial charge in [-0.05, 0) is 25.0 Å². The SMILES string of the molecule is Cc1cc(O/C=C/CS(C)(=O)=O)ncc1-c1nc(-c2csc(NC3=NCCCN3)n2)cs1. The molecule has 0 bridgehead atoms. The van der Waals surface area contributed by atoms with Gasteiger partial charge in [0.25, 0.3) is 0 Å². The predicted molar refractivity (Wildman–Crippen MR) is 129 cm³/mol. The second kappa shape index (κ2) is 9.76. The Balaban J connectivity index is 1.43. The minimum Gasteiger partial charge on any atom is -0.447 e. The molecular formula is C20H22N6O3S3. The van der Waals surface area contributed by atoms with E-state index in [2.05, 4.69) is 25.6 Å². The number of thiazole rings is 2. The molecule has 12 heteroatoms. The summed E-state index contributed by atoms with van der Waals surface area (Å²) in [6, 6.07) is 1.80. The van der Waals surface area contributed by atoms with Crippen molar-refractivity contribution >= 4 is 43.6 Å². The third kappa shape index (κ3) is 5.90. The minimum absolute atomic E-state index is 0.0789. The van der Waals surface area contributed by atoms with Crippen LogP contribution < -0.4 is 15.4 Å². The maximum atomic E-state index is 11.2. The summed E-state index contributed by atoms with van der Waals surface area (Å²) in [5, 5.41) is 12.0. The van der Waals surface area contributed by atoms with Crippen LogP contribution in [0, 0.1) is 6.92 Å². The van der Waals surface area contributed by atoms with Crippen molar-refractivity contribution in [3.05, 3.63) is 40.9 Å². The van der Waals surface area contributed by atoms with Crippen LogP contribution in [0.3, 0.4) is 0 Å². The van der Waals surface area contributed by atoms with Gasteiger partial charge in [0, 0.05) is 47.9 Å². The maximum absolute atomic E-state index is 11.2. The lowest BCUT2D eigenvalue weighted by molar-refractivity contribution is 0.460. The van der Waals surface area contributed by atoms with Gasteiger partial charge in [-0.3, -0.25) is 4.99 Å². The predicted octanol–water partition coefficient (Wildman–Crippen LogP) is 3.34. The van der Waals surface area contributed by atoms with Crippen LogP contribution in [0.25, 0.3) is 22.0 Å². The molecule has 0 atom stereocenters. The van der Waals surface area contributed by atoms with Gasteiger partial charge in [-0.25, -0.2) is 23.4 Å². The van der Waals surface area contributed by atoms with E-state index in [4.69, 9.17) is 9.72 Å². The summed E-state index contributed by atoms with van der Waals surface area (Å²) < 4.78 is 27.7. The Morgan fingerprint density at radius 2 is 2.06 bits per heavy atom. The summed E-state index contributed by atoms with van der Waals surface area (Å²) in [4.78, 5) is 18.1. The van der Waals surface area contributed by atoms with Crippen molar-refractivity contribution in [2.45, 2.75) is 13.3 Å². The summed E-state index contributed by atoms with van der Waals surface area (Å²) in [6.45, 7) is 3.68. The van der Waals surface area contributed by atoms with E-state index >= 15 is 0 Å². The number of aryl methyl sites for hydroxylation is 1. The first-order chi connectivity index (χ1) is 15.4. The molecule has 0 aliphatic carbocycles. The van der Waals surface area contributed by atoms with Crippen molar-refractivity contribution in [2.75, 3.05) is 30.4 Å². The molecule has 4 heterocycles. The lowest BCUT2D eigenvalue weighted by atomic mass is 10.2. The van der Waals surface area contributed by atoms with Crippen molar-refractivity contribution in [3.63, 3.8) is 0 Å². The second-order valence-corrected chi connectivity index (χ2v) is 11.0. The monoisotopic (exact) mass is 490 g/mol. The Hall–Kier alpha value is -2.83. The van der Waals surface area contributed by atoms with Crippen molar-refractivity contribution < 1.29 is 13.2 Å². The number of ether oxygens (including phenoxy) is 1. The van der Waals surface area contributed by atoms with Gasteiger partial charge in [-0.2, -0.15) is 0 Å². The summed E-state index contributed by atoms with van der Waals surface area (Å²) >= 11 is 3.03. The van der Waals surface area contributed by atoms with Gasteiger partial charge in [0.15, 0.2) is 20.9 Å². The molecule has 32 heavy (non-hydrogen) atoms. The van der Waals surface area contributed by atoms with Crippen LogP contribution in [0.15, 0.2) is 40.4 Å². The van der Waals surface area contributed by atoms with Gasteiger partial charge in [0.1, 0.15) is 16.4 Å². The van der Waals surface area contributed by atoms with Gasteiger partial charge in [-0.15, -0.1) is 22.7 Å². The van der Waals surface area contributed by atoms with E-state index in [0.717, 1.165) is 58.1 Å². The number of hydrogen-bond acceptors (Lipinski definition) is 11. The van der Waals surface area contributed by atoms with Crippen LogP contribution in [-0.4, -0.2) is 54.4 Å². The zero-order valence-corrected chi connectivity index (χ0v) is 20.0. The van der Waals surface area contributed by atoms with Gasteiger partial charge in [-0.1, -0.05) is 0 Å². The first kappa shape index (κ1) is 22.4. The zero-order chi connectivity index (χ0) is 22.6. The lowest BCUT2D eigenvalue weighted by Crippen LogP contribution is -2.35.